The summed E-state index contributed by atoms with van der Waals surface area (Å²) in [5.41, 5.74) is 0. The van der Waals surface area contributed by atoms with Gasteiger partial charge in [-0.05, 0) is 18.8 Å². The lowest BCUT2D eigenvalue weighted by Crippen LogP contribution is -2.32. The van der Waals surface area contributed by atoms with E-state index in [1.807, 2.05) is 0 Å². The third-order valence-electron chi connectivity index (χ3n) is 4.69. The van der Waals surface area contributed by atoms with Crippen LogP contribution in [0.15, 0.2) is 0 Å². The zero-order valence-electron chi connectivity index (χ0n) is 12.3. The minimum Gasteiger partial charge on any atom is -0.481 e. The fourth-order valence-electron chi connectivity index (χ4n) is 3.29. The second-order valence-corrected chi connectivity index (χ2v) is 8.64. The van der Waals surface area contributed by atoms with Crippen LogP contribution in [0, 0.1) is 11.8 Å². The number of hydrogen-bond acceptors (Lipinski definition) is 4. The molecule has 1 saturated carbocycles. The maximum absolute atomic E-state index is 12.1. The van der Waals surface area contributed by atoms with Gasteiger partial charge in [0.1, 0.15) is 0 Å². The Labute approximate surface area is 125 Å². The van der Waals surface area contributed by atoms with E-state index in [2.05, 4.69) is 0 Å². The van der Waals surface area contributed by atoms with Gasteiger partial charge in [-0.25, -0.2) is 8.42 Å². The summed E-state index contributed by atoms with van der Waals surface area (Å²) >= 11 is 0. The molecule has 0 aromatic rings. The van der Waals surface area contributed by atoms with Gasteiger partial charge in [-0.1, -0.05) is 19.8 Å². The van der Waals surface area contributed by atoms with Crippen molar-refractivity contribution in [2.45, 2.75) is 44.3 Å². The first-order chi connectivity index (χ1) is 9.81. The van der Waals surface area contributed by atoms with E-state index in [1.165, 1.54) is 4.90 Å². The number of carbonyl (C=O) groups excluding carboxylic acids is 1. The number of aliphatic carboxylic acids is 1. The van der Waals surface area contributed by atoms with Gasteiger partial charge in [0.2, 0.25) is 5.91 Å². The summed E-state index contributed by atoms with van der Waals surface area (Å²) in [5, 5.41) is 8.77. The number of amides is 1. The van der Waals surface area contributed by atoms with Crippen LogP contribution >= 0.6 is 0 Å². The lowest BCUT2D eigenvalue weighted by molar-refractivity contribution is -0.142. The second kappa shape index (κ2) is 6.34. The summed E-state index contributed by atoms with van der Waals surface area (Å²) in [6, 6.07) is 0. The van der Waals surface area contributed by atoms with E-state index in [0.29, 0.717) is 19.4 Å². The van der Waals surface area contributed by atoms with Gasteiger partial charge < -0.3 is 10.0 Å². The molecular weight excluding hydrogens is 294 g/mol. The molecule has 0 aromatic heterocycles. The molecule has 2 atom stereocenters. The number of likely N-dealkylation sites (tertiary alicyclic amines) is 1. The minimum atomic E-state index is -3.19. The molecule has 1 aliphatic heterocycles. The first-order valence-electron chi connectivity index (χ1n) is 7.53. The van der Waals surface area contributed by atoms with Crippen molar-refractivity contribution in [1.29, 1.82) is 0 Å². The van der Waals surface area contributed by atoms with Crippen LogP contribution in [0.2, 0.25) is 0 Å². The Hall–Kier alpha value is -1.11. The zero-order valence-corrected chi connectivity index (χ0v) is 13.1. The predicted octanol–water partition coefficient (Wildman–Crippen LogP) is 0.913. The monoisotopic (exact) mass is 317 g/mol. The highest BCUT2D eigenvalue weighted by Crippen LogP contribution is 2.27. The standard InChI is InChI=1S/C14H23NO5S/c1-10-8-15(9-12(10)14(17)18)13(16)6-7-21(19,20)11-4-2-3-5-11/h10-12H,2-9H2,1H3,(H,17,18)/t10-,12-/m1/s1. The number of sulfone groups is 1. The van der Waals surface area contributed by atoms with Crippen LogP contribution in [0.3, 0.4) is 0 Å². The molecular formula is C14H23NO5S. The Morgan fingerprint density at radius 1 is 1.19 bits per heavy atom. The van der Waals surface area contributed by atoms with Crippen molar-refractivity contribution >= 4 is 21.7 Å². The van der Waals surface area contributed by atoms with Crippen LogP contribution in [0.4, 0.5) is 0 Å². The SMILES string of the molecule is C[C@@H]1CN(C(=O)CCS(=O)(=O)C2CCCC2)C[C@H]1C(=O)O. The van der Waals surface area contributed by atoms with Crippen molar-refractivity contribution in [3.63, 3.8) is 0 Å². The Balaban J connectivity index is 1.86. The summed E-state index contributed by atoms with van der Waals surface area (Å²) in [6.07, 6.45) is 3.28. The number of carbonyl (C=O) groups is 2. The van der Waals surface area contributed by atoms with Crippen molar-refractivity contribution < 1.29 is 23.1 Å². The average molecular weight is 317 g/mol. The van der Waals surface area contributed by atoms with Crippen LogP contribution in [0.25, 0.3) is 0 Å². The summed E-state index contributed by atoms with van der Waals surface area (Å²) in [6.45, 7) is 2.40. The molecule has 2 aliphatic rings. The molecule has 0 radical (unpaired) electrons. The fraction of sp³-hybridized carbons (Fsp3) is 0.857. The number of carboxylic acid groups (broad SMARTS) is 1. The Kier molecular flexibility index (Phi) is 4.91. The molecule has 0 bridgehead atoms. The lowest BCUT2D eigenvalue weighted by atomic mass is 9.99. The molecule has 0 aromatic carbocycles. The van der Waals surface area contributed by atoms with Crippen LogP contribution in [0.5, 0.6) is 0 Å². The number of carboxylic acids is 1. The van der Waals surface area contributed by atoms with Crippen molar-refractivity contribution in [1.82, 2.24) is 4.90 Å². The second-order valence-electron chi connectivity index (χ2n) is 6.24. The molecule has 0 unspecified atom stereocenters. The van der Waals surface area contributed by atoms with Gasteiger partial charge in [-0.15, -0.1) is 0 Å². The molecule has 120 valence electrons. The highest BCUT2D eigenvalue weighted by Gasteiger charge is 2.37. The average Bonchev–Trinajstić information content (AvgIpc) is 3.05. The first kappa shape index (κ1) is 16.3. The van der Waals surface area contributed by atoms with Crippen LogP contribution in [-0.4, -0.2) is 54.4 Å². The van der Waals surface area contributed by atoms with Crippen molar-refractivity contribution in [2.24, 2.45) is 11.8 Å². The normalized spacial score (nSPS) is 27.2. The quantitative estimate of drug-likeness (QED) is 0.814. The van der Waals surface area contributed by atoms with Crippen LogP contribution in [-0.2, 0) is 19.4 Å². The van der Waals surface area contributed by atoms with Crippen molar-refractivity contribution in [3.05, 3.63) is 0 Å². The molecule has 1 aliphatic carbocycles. The van der Waals surface area contributed by atoms with E-state index >= 15 is 0 Å². The maximum atomic E-state index is 12.1. The fourth-order valence-corrected chi connectivity index (χ4v) is 5.14. The smallest absolute Gasteiger partial charge is 0.308 e. The molecule has 1 N–H and O–H groups in total. The lowest BCUT2D eigenvalue weighted by Gasteiger charge is -2.17. The van der Waals surface area contributed by atoms with E-state index in [9.17, 15) is 18.0 Å². The van der Waals surface area contributed by atoms with Crippen molar-refractivity contribution in [2.75, 3.05) is 18.8 Å². The van der Waals surface area contributed by atoms with E-state index in [1.54, 1.807) is 6.92 Å². The zero-order chi connectivity index (χ0) is 15.6. The minimum absolute atomic E-state index is 0.0299. The van der Waals surface area contributed by atoms with Crippen LogP contribution in [0.1, 0.15) is 39.0 Å². The van der Waals surface area contributed by atoms with Gasteiger partial charge >= 0.3 is 5.97 Å². The van der Waals surface area contributed by atoms with Gasteiger partial charge in [-0.2, -0.15) is 0 Å². The van der Waals surface area contributed by atoms with Gasteiger partial charge in [-0.3, -0.25) is 9.59 Å². The molecule has 2 fully saturated rings. The largest absolute Gasteiger partial charge is 0.481 e. The van der Waals surface area contributed by atoms with E-state index in [-0.39, 0.29) is 35.8 Å². The highest BCUT2D eigenvalue weighted by atomic mass is 32.2. The molecule has 1 saturated heterocycles. The topological polar surface area (TPSA) is 91.8 Å². The maximum Gasteiger partial charge on any atom is 0.308 e. The Morgan fingerprint density at radius 3 is 2.33 bits per heavy atom. The molecule has 0 spiro atoms. The molecule has 1 heterocycles. The molecule has 2 rings (SSSR count). The molecule has 21 heavy (non-hydrogen) atoms. The summed E-state index contributed by atoms with van der Waals surface area (Å²) < 4.78 is 24.2. The highest BCUT2D eigenvalue weighted by molar-refractivity contribution is 7.92. The number of rotatable bonds is 5. The third kappa shape index (κ3) is 3.75. The Bertz CT molecular complexity index is 509. The third-order valence-corrected chi connectivity index (χ3v) is 6.95. The van der Waals surface area contributed by atoms with E-state index < -0.39 is 21.7 Å². The van der Waals surface area contributed by atoms with Gasteiger partial charge in [0.25, 0.3) is 0 Å². The summed E-state index contributed by atoms with van der Waals surface area (Å²) in [5.74, 6) is -1.87. The van der Waals surface area contributed by atoms with E-state index in [4.69, 9.17) is 5.11 Å². The number of nitrogens with zero attached hydrogens (tertiary/aromatic N) is 1. The summed E-state index contributed by atoms with van der Waals surface area (Å²) in [7, 11) is -3.19. The van der Waals surface area contributed by atoms with Gasteiger partial charge in [0, 0.05) is 19.5 Å². The first-order valence-corrected chi connectivity index (χ1v) is 9.25. The Morgan fingerprint density at radius 2 is 1.81 bits per heavy atom. The van der Waals surface area contributed by atoms with Gasteiger partial charge in [0.05, 0.1) is 16.9 Å². The van der Waals surface area contributed by atoms with E-state index in [0.717, 1.165) is 12.8 Å². The molecule has 7 heteroatoms. The molecule has 6 nitrogen and oxygen atoms in total. The van der Waals surface area contributed by atoms with Crippen molar-refractivity contribution in [3.8, 4) is 0 Å². The summed E-state index contributed by atoms with van der Waals surface area (Å²) in [4.78, 5) is 24.6. The van der Waals surface area contributed by atoms with Gasteiger partial charge in [0.15, 0.2) is 9.84 Å². The molecule has 1 amide bonds. The predicted molar refractivity (Wildman–Crippen MR) is 77.5 cm³/mol. The van der Waals surface area contributed by atoms with Crippen LogP contribution < -0.4 is 0 Å². The number of hydrogen-bond donors (Lipinski definition) is 1.